The van der Waals surface area contributed by atoms with Crippen LogP contribution < -0.4 is 0 Å². The highest BCUT2D eigenvalue weighted by molar-refractivity contribution is 7.99. The zero-order chi connectivity index (χ0) is 10.6. The molecule has 0 spiro atoms. The average Bonchev–Trinajstić information content (AvgIpc) is 2.61. The summed E-state index contributed by atoms with van der Waals surface area (Å²) >= 11 is 1.87. The Morgan fingerprint density at radius 3 is 2.93 bits per heavy atom. The molecule has 14 heavy (non-hydrogen) atoms. The van der Waals surface area contributed by atoms with Crippen LogP contribution in [-0.2, 0) is 4.74 Å². The molecule has 0 aromatic rings. The van der Waals surface area contributed by atoms with E-state index in [1.54, 1.807) is 0 Å². The van der Waals surface area contributed by atoms with Crippen molar-refractivity contribution >= 4 is 11.8 Å². The highest BCUT2D eigenvalue weighted by atomic mass is 32.2. The molecule has 0 aromatic carbocycles. The first-order chi connectivity index (χ1) is 6.65. The lowest BCUT2D eigenvalue weighted by molar-refractivity contribution is -0.111. The minimum atomic E-state index is -0.683. The Balaban J connectivity index is 2.38. The number of aliphatic hydroxyl groups is 1. The predicted octanol–water partition coefficient (Wildman–Crippen LogP) is 1.64. The van der Waals surface area contributed by atoms with Gasteiger partial charge >= 0.3 is 0 Å². The summed E-state index contributed by atoms with van der Waals surface area (Å²) in [7, 11) is 1.54. The van der Waals surface area contributed by atoms with Crippen molar-refractivity contribution in [1.82, 2.24) is 4.90 Å². The van der Waals surface area contributed by atoms with Crippen LogP contribution in [-0.4, -0.2) is 40.6 Å². The summed E-state index contributed by atoms with van der Waals surface area (Å²) in [4.78, 5) is 2.14. The summed E-state index contributed by atoms with van der Waals surface area (Å²) in [5.41, 5.74) is 0. The van der Waals surface area contributed by atoms with Crippen LogP contribution in [0.3, 0.4) is 0 Å². The van der Waals surface area contributed by atoms with Crippen LogP contribution >= 0.6 is 11.8 Å². The number of hydrogen-bond acceptors (Lipinski definition) is 4. The second-order valence-corrected chi connectivity index (χ2v) is 5.21. The minimum Gasteiger partial charge on any atom is -0.366 e. The quantitative estimate of drug-likeness (QED) is 0.710. The molecule has 0 fully saturated rings. The van der Waals surface area contributed by atoms with E-state index < -0.39 is 6.29 Å². The Kier molecular flexibility index (Phi) is 4.78. The largest absolute Gasteiger partial charge is 0.366 e. The van der Waals surface area contributed by atoms with Crippen molar-refractivity contribution in [2.45, 2.75) is 37.9 Å². The lowest BCUT2D eigenvalue weighted by Gasteiger charge is -2.28. The van der Waals surface area contributed by atoms with Crippen molar-refractivity contribution in [2.24, 2.45) is 0 Å². The molecule has 1 aliphatic rings. The van der Waals surface area contributed by atoms with Gasteiger partial charge in [-0.3, -0.25) is 0 Å². The molecule has 2 unspecified atom stereocenters. The number of ether oxygens (including phenoxy) is 1. The molecular weight excluding hydrogens is 198 g/mol. The molecule has 1 rings (SSSR count). The maximum absolute atomic E-state index is 9.58. The monoisotopic (exact) mass is 217 g/mol. The molecule has 0 aliphatic carbocycles. The Hall–Kier alpha value is -0.190. The van der Waals surface area contributed by atoms with E-state index in [1.807, 2.05) is 18.0 Å². The van der Waals surface area contributed by atoms with Crippen LogP contribution in [0.15, 0.2) is 12.3 Å². The van der Waals surface area contributed by atoms with Gasteiger partial charge < -0.3 is 14.7 Å². The molecule has 2 atom stereocenters. The number of hydrogen-bond donors (Lipinski definition) is 1. The van der Waals surface area contributed by atoms with Gasteiger partial charge in [-0.2, -0.15) is 0 Å². The first-order valence-corrected chi connectivity index (χ1v) is 5.95. The molecule has 82 valence electrons. The van der Waals surface area contributed by atoms with E-state index in [0.717, 1.165) is 12.3 Å². The normalized spacial score (nSPS) is 23.5. The molecule has 1 aliphatic heterocycles. The van der Waals surface area contributed by atoms with E-state index in [0.29, 0.717) is 5.25 Å². The molecule has 0 radical (unpaired) electrons. The maximum atomic E-state index is 9.58. The predicted molar refractivity (Wildman–Crippen MR) is 60.0 cm³/mol. The van der Waals surface area contributed by atoms with E-state index in [1.165, 1.54) is 7.11 Å². The minimum absolute atomic E-state index is 0.0891. The van der Waals surface area contributed by atoms with E-state index in [4.69, 9.17) is 4.74 Å². The third kappa shape index (κ3) is 3.19. The van der Waals surface area contributed by atoms with Crippen molar-refractivity contribution in [1.29, 1.82) is 0 Å². The van der Waals surface area contributed by atoms with Crippen molar-refractivity contribution in [2.75, 3.05) is 13.0 Å². The first kappa shape index (κ1) is 11.9. The Labute approximate surface area is 90.1 Å². The van der Waals surface area contributed by atoms with Gasteiger partial charge in [-0.25, -0.2) is 0 Å². The highest BCUT2D eigenvalue weighted by Gasteiger charge is 2.26. The van der Waals surface area contributed by atoms with Crippen molar-refractivity contribution in [3.63, 3.8) is 0 Å². The molecule has 0 saturated carbocycles. The van der Waals surface area contributed by atoms with E-state index in [2.05, 4.69) is 24.8 Å². The Bertz CT molecular complexity index is 197. The standard InChI is InChI=1S/C10H19NO2S/c1-8(2)14-7-11-6-4-5-9(11)10(12)13-3/h4,6,8-10,12H,5,7H2,1-3H3. The zero-order valence-corrected chi connectivity index (χ0v) is 9.83. The summed E-state index contributed by atoms with van der Waals surface area (Å²) in [5, 5.41) is 10.2. The Morgan fingerprint density at radius 2 is 2.36 bits per heavy atom. The van der Waals surface area contributed by atoms with Gasteiger partial charge in [0.2, 0.25) is 0 Å². The molecule has 0 aromatic heterocycles. The van der Waals surface area contributed by atoms with Gasteiger partial charge in [-0.1, -0.05) is 19.9 Å². The summed E-state index contributed by atoms with van der Waals surface area (Å²) in [6, 6.07) is 0.0891. The van der Waals surface area contributed by atoms with Crippen molar-refractivity contribution in [3.8, 4) is 0 Å². The second kappa shape index (κ2) is 5.63. The van der Waals surface area contributed by atoms with Crippen LogP contribution in [0, 0.1) is 0 Å². The molecular formula is C10H19NO2S. The van der Waals surface area contributed by atoms with Crippen molar-refractivity contribution in [3.05, 3.63) is 12.3 Å². The summed E-state index contributed by atoms with van der Waals surface area (Å²) in [5.74, 6) is 0.916. The van der Waals surface area contributed by atoms with E-state index >= 15 is 0 Å². The highest BCUT2D eigenvalue weighted by Crippen LogP contribution is 2.22. The van der Waals surface area contributed by atoms with E-state index in [-0.39, 0.29) is 6.04 Å². The molecule has 0 amide bonds. The fourth-order valence-corrected chi connectivity index (χ4v) is 2.14. The average molecular weight is 217 g/mol. The van der Waals surface area contributed by atoms with Gasteiger partial charge in [0.15, 0.2) is 6.29 Å². The number of thioether (sulfide) groups is 1. The second-order valence-electron chi connectivity index (χ2n) is 3.67. The number of methoxy groups -OCH3 is 1. The zero-order valence-electron chi connectivity index (χ0n) is 9.01. The lowest BCUT2D eigenvalue weighted by Crippen LogP contribution is -2.38. The fourth-order valence-electron chi connectivity index (χ4n) is 1.39. The lowest BCUT2D eigenvalue weighted by atomic mass is 10.2. The van der Waals surface area contributed by atoms with Crippen LogP contribution in [0.1, 0.15) is 20.3 Å². The number of rotatable bonds is 5. The summed E-state index contributed by atoms with van der Waals surface area (Å²) in [6.07, 6.45) is 4.31. The SMILES string of the molecule is COC(O)C1CC=CN1CSC(C)C. The topological polar surface area (TPSA) is 32.7 Å². The van der Waals surface area contributed by atoms with Gasteiger partial charge in [-0.05, 0) is 12.6 Å². The third-order valence-electron chi connectivity index (χ3n) is 2.23. The van der Waals surface area contributed by atoms with E-state index in [9.17, 15) is 5.11 Å². The maximum Gasteiger partial charge on any atom is 0.175 e. The molecule has 0 bridgehead atoms. The number of nitrogens with zero attached hydrogens (tertiary/aromatic N) is 1. The molecule has 3 nitrogen and oxygen atoms in total. The molecule has 0 saturated heterocycles. The van der Waals surface area contributed by atoms with Gasteiger partial charge in [-0.15, -0.1) is 11.8 Å². The number of aliphatic hydroxyl groups excluding tert-OH is 1. The van der Waals surface area contributed by atoms with Crippen LogP contribution in [0.25, 0.3) is 0 Å². The van der Waals surface area contributed by atoms with Crippen LogP contribution in [0.5, 0.6) is 0 Å². The van der Waals surface area contributed by atoms with Gasteiger partial charge in [0.05, 0.1) is 11.9 Å². The van der Waals surface area contributed by atoms with Gasteiger partial charge in [0, 0.05) is 12.4 Å². The molecule has 1 heterocycles. The van der Waals surface area contributed by atoms with Crippen molar-refractivity contribution < 1.29 is 9.84 Å². The third-order valence-corrected chi connectivity index (χ3v) is 3.34. The summed E-state index contributed by atoms with van der Waals surface area (Å²) in [6.45, 7) is 4.35. The summed E-state index contributed by atoms with van der Waals surface area (Å²) < 4.78 is 4.94. The van der Waals surface area contributed by atoms with Gasteiger partial charge in [0.25, 0.3) is 0 Å². The van der Waals surface area contributed by atoms with Crippen LogP contribution in [0.4, 0.5) is 0 Å². The molecule has 4 heteroatoms. The molecule has 1 N–H and O–H groups in total. The van der Waals surface area contributed by atoms with Crippen LogP contribution in [0.2, 0.25) is 0 Å². The Morgan fingerprint density at radius 1 is 1.64 bits per heavy atom. The first-order valence-electron chi connectivity index (χ1n) is 4.90. The smallest absolute Gasteiger partial charge is 0.175 e. The fraction of sp³-hybridized carbons (Fsp3) is 0.800. The van der Waals surface area contributed by atoms with Gasteiger partial charge in [0.1, 0.15) is 0 Å².